The summed E-state index contributed by atoms with van der Waals surface area (Å²) in [7, 11) is 1.21. The lowest BCUT2D eigenvalue weighted by molar-refractivity contribution is -0.139. The van der Waals surface area contributed by atoms with Gasteiger partial charge in [-0.1, -0.05) is 27.5 Å². The lowest BCUT2D eigenvalue weighted by atomic mass is 10.1. The van der Waals surface area contributed by atoms with Gasteiger partial charge in [0.1, 0.15) is 5.15 Å². The van der Waals surface area contributed by atoms with Gasteiger partial charge >= 0.3 is 5.97 Å². The molecule has 0 aliphatic heterocycles. The van der Waals surface area contributed by atoms with E-state index in [9.17, 15) is 13.6 Å². The molecule has 1 rings (SSSR count). The summed E-state index contributed by atoms with van der Waals surface area (Å²) < 4.78 is 30.0. The van der Waals surface area contributed by atoms with Crippen LogP contribution in [0.25, 0.3) is 0 Å². The van der Waals surface area contributed by atoms with Gasteiger partial charge in [-0.05, 0) is 6.07 Å². The summed E-state index contributed by atoms with van der Waals surface area (Å²) in [6, 6.07) is 1.17. The number of pyridine rings is 1. The Labute approximate surface area is 110 Å². The normalized spacial score (nSPS) is 10.7. The first kappa shape index (κ1) is 14.3. The smallest absolute Gasteiger partial charge is 0.311 e. The Balaban J connectivity index is 3.15. The van der Waals surface area contributed by atoms with Crippen LogP contribution in [0.1, 0.15) is 23.2 Å². The number of methoxy groups -OCH3 is 1. The quantitative estimate of drug-likeness (QED) is 0.484. The van der Waals surface area contributed by atoms with Gasteiger partial charge in [-0.2, -0.15) is 0 Å². The minimum Gasteiger partial charge on any atom is -0.469 e. The van der Waals surface area contributed by atoms with E-state index in [1.54, 1.807) is 0 Å². The fourth-order valence-electron chi connectivity index (χ4n) is 1.25. The van der Waals surface area contributed by atoms with Gasteiger partial charge in [-0.3, -0.25) is 4.79 Å². The van der Waals surface area contributed by atoms with Gasteiger partial charge < -0.3 is 4.74 Å². The summed E-state index contributed by atoms with van der Waals surface area (Å²) >= 11 is 8.85. The number of hydrogen-bond donors (Lipinski definition) is 0. The molecular formula is C10H9BrClF2NO2. The molecule has 7 heteroatoms. The highest BCUT2D eigenvalue weighted by molar-refractivity contribution is 9.08. The van der Waals surface area contributed by atoms with Crippen molar-refractivity contribution in [1.29, 1.82) is 0 Å². The van der Waals surface area contributed by atoms with Crippen molar-refractivity contribution in [3.63, 3.8) is 0 Å². The Bertz CT molecular complexity index is 429. The summed E-state index contributed by atoms with van der Waals surface area (Å²) in [6.07, 6.45) is -2.85. The van der Waals surface area contributed by atoms with Gasteiger partial charge in [-0.25, -0.2) is 13.8 Å². The van der Waals surface area contributed by atoms with Crippen LogP contribution < -0.4 is 0 Å². The second kappa shape index (κ2) is 6.26. The van der Waals surface area contributed by atoms with Crippen molar-refractivity contribution in [2.45, 2.75) is 18.2 Å². The van der Waals surface area contributed by atoms with Crippen molar-refractivity contribution in [2.75, 3.05) is 7.11 Å². The molecule has 0 aliphatic rings. The topological polar surface area (TPSA) is 39.2 Å². The lowest BCUT2D eigenvalue weighted by Gasteiger charge is -2.10. The van der Waals surface area contributed by atoms with E-state index < -0.39 is 12.4 Å². The van der Waals surface area contributed by atoms with Crippen LogP contribution in [0, 0.1) is 0 Å². The zero-order valence-electron chi connectivity index (χ0n) is 8.84. The molecule has 1 aromatic heterocycles. The molecule has 0 saturated carbocycles. The van der Waals surface area contributed by atoms with E-state index in [0.29, 0.717) is 0 Å². The summed E-state index contributed by atoms with van der Waals surface area (Å²) in [4.78, 5) is 14.9. The Morgan fingerprint density at radius 1 is 1.65 bits per heavy atom. The Morgan fingerprint density at radius 3 is 2.76 bits per heavy atom. The maximum atomic E-state index is 12.8. The molecule has 0 fully saturated rings. The predicted molar refractivity (Wildman–Crippen MR) is 62.6 cm³/mol. The number of hydrogen-bond acceptors (Lipinski definition) is 3. The highest BCUT2D eigenvalue weighted by atomic mass is 79.9. The summed E-state index contributed by atoms with van der Waals surface area (Å²) in [5.74, 6) is -0.555. The molecule has 0 aromatic carbocycles. The van der Waals surface area contributed by atoms with Crippen LogP contribution >= 0.6 is 27.5 Å². The third-order valence-corrected chi connectivity index (χ3v) is 2.96. The molecule has 0 atom stereocenters. The fourth-order valence-corrected chi connectivity index (χ4v) is 2.28. The third-order valence-electron chi connectivity index (χ3n) is 2.08. The van der Waals surface area contributed by atoms with Crippen molar-refractivity contribution in [2.24, 2.45) is 0 Å². The van der Waals surface area contributed by atoms with Crippen molar-refractivity contribution in [3.05, 3.63) is 28.0 Å². The van der Waals surface area contributed by atoms with Crippen molar-refractivity contribution in [3.8, 4) is 0 Å². The van der Waals surface area contributed by atoms with E-state index in [-0.39, 0.29) is 33.7 Å². The SMILES string of the molecule is COC(=O)Cc1cc(C(F)F)c(CBr)c(Cl)n1. The van der Waals surface area contributed by atoms with E-state index in [0.717, 1.165) is 0 Å². The minimum atomic E-state index is -2.67. The molecule has 0 bridgehead atoms. The fraction of sp³-hybridized carbons (Fsp3) is 0.400. The zero-order valence-corrected chi connectivity index (χ0v) is 11.2. The first-order valence-corrected chi connectivity index (χ1v) is 6.08. The summed E-state index contributed by atoms with van der Waals surface area (Å²) in [5.41, 5.74) is 0.179. The summed E-state index contributed by atoms with van der Waals surface area (Å²) in [6.45, 7) is 0. The highest BCUT2D eigenvalue weighted by Gasteiger charge is 2.18. The van der Waals surface area contributed by atoms with Crippen LogP contribution in [0.15, 0.2) is 6.07 Å². The molecule has 3 nitrogen and oxygen atoms in total. The largest absolute Gasteiger partial charge is 0.469 e. The standard InChI is InChI=1S/C10H9BrClF2NO2/c1-17-8(16)3-5-2-6(10(13)14)7(4-11)9(12)15-5/h2,10H,3-4H2,1H3. The highest BCUT2D eigenvalue weighted by Crippen LogP contribution is 2.29. The van der Waals surface area contributed by atoms with E-state index in [1.807, 2.05) is 0 Å². The number of halogens is 4. The van der Waals surface area contributed by atoms with Gasteiger partial charge in [0.15, 0.2) is 0 Å². The first-order valence-electron chi connectivity index (χ1n) is 4.58. The number of carbonyl (C=O) groups is 1. The van der Waals surface area contributed by atoms with Crippen LogP contribution in [-0.4, -0.2) is 18.1 Å². The number of carbonyl (C=O) groups excluding carboxylic acids is 1. The van der Waals surface area contributed by atoms with Gasteiger partial charge in [0.05, 0.1) is 19.2 Å². The molecule has 0 N–H and O–H groups in total. The predicted octanol–water partition coefficient (Wildman–Crippen LogP) is 3.28. The van der Waals surface area contributed by atoms with Crippen molar-refractivity contribution < 1.29 is 18.3 Å². The Morgan fingerprint density at radius 2 is 2.29 bits per heavy atom. The molecule has 0 saturated heterocycles. The van der Waals surface area contributed by atoms with Gasteiger partial charge in [0, 0.05) is 16.5 Å². The van der Waals surface area contributed by atoms with Gasteiger partial charge in [0.2, 0.25) is 0 Å². The van der Waals surface area contributed by atoms with E-state index in [4.69, 9.17) is 11.6 Å². The average Bonchev–Trinajstić information content (AvgIpc) is 2.28. The molecule has 1 aromatic rings. The maximum Gasteiger partial charge on any atom is 0.311 e. The van der Waals surface area contributed by atoms with Crippen LogP contribution in [0.4, 0.5) is 8.78 Å². The zero-order chi connectivity index (χ0) is 13.0. The number of esters is 1. The third kappa shape index (κ3) is 3.61. The molecule has 94 valence electrons. The number of nitrogens with zero attached hydrogens (tertiary/aromatic N) is 1. The molecule has 1 heterocycles. The molecule has 0 unspecified atom stereocenters. The number of ether oxygens (including phenoxy) is 1. The number of rotatable bonds is 4. The summed E-state index contributed by atoms with van der Waals surface area (Å²) in [5, 5.41) is 0.148. The van der Waals surface area contributed by atoms with E-state index in [2.05, 4.69) is 25.7 Å². The second-order valence-electron chi connectivity index (χ2n) is 3.16. The molecule has 0 radical (unpaired) electrons. The maximum absolute atomic E-state index is 12.8. The van der Waals surface area contributed by atoms with Gasteiger partial charge in [0.25, 0.3) is 6.43 Å². The van der Waals surface area contributed by atoms with Crippen molar-refractivity contribution in [1.82, 2.24) is 4.98 Å². The molecule has 0 amide bonds. The number of aromatic nitrogens is 1. The Kier molecular flexibility index (Phi) is 5.27. The monoisotopic (exact) mass is 327 g/mol. The van der Waals surface area contributed by atoms with Gasteiger partial charge in [-0.15, -0.1) is 0 Å². The van der Waals surface area contributed by atoms with Crippen LogP contribution in [0.3, 0.4) is 0 Å². The van der Waals surface area contributed by atoms with Crippen LogP contribution in [0.2, 0.25) is 5.15 Å². The molecule has 17 heavy (non-hydrogen) atoms. The van der Waals surface area contributed by atoms with Crippen LogP contribution in [-0.2, 0) is 21.3 Å². The molecule has 0 aliphatic carbocycles. The Hall–Kier alpha value is -0.750. The molecule has 0 spiro atoms. The van der Waals surface area contributed by atoms with E-state index >= 15 is 0 Å². The second-order valence-corrected chi connectivity index (χ2v) is 4.08. The van der Waals surface area contributed by atoms with E-state index in [1.165, 1.54) is 13.2 Å². The first-order chi connectivity index (χ1) is 7.99. The minimum absolute atomic E-state index is 0.0291. The molecular weight excluding hydrogens is 319 g/mol. The lowest BCUT2D eigenvalue weighted by Crippen LogP contribution is -2.08. The average molecular weight is 329 g/mol. The number of alkyl halides is 3. The van der Waals surface area contributed by atoms with Crippen LogP contribution in [0.5, 0.6) is 0 Å². The van der Waals surface area contributed by atoms with Crippen molar-refractivity contribution >= 4 is 33.5 Å².